The molecule has 206 valence electrons. The van der Waals surface area contributed by atoms with E-state index in [1.54, 1.807) is 12.1 Å². The number of morpholine rings is 1. The van der Waals surface area contributed by atoms with Crippen LogP contribution in [0.1, 0.15) is 35.0 Å². The number of carbonyl (C=O) groups is 3. The summed E-state index contributed by atoms with van der Waals surface area (Å²) in [5.74, 6) is -1.12. The monoisotopic (exact) mass is 572 g/mol. The Balaban J connectivity index is 1.56. The van der Waals surface area contributed by atoms with E-state index in [9.17, 15) is 27.6 Å². The van der Waals surface area contributed by atoms with Crippen molar-refractivity contribution >= 4 is 52.0 Å². The number of hydrogen-bond acceptors (Lipinski definition) is 6. The molecule has 0 radical (unpaired) electrons. The number of nitrogens with one attached hydrogen (secondary N) is 2. The summed E-state index contributed by atoms with van der Waals surface area (Å²) >= 11 is 7.00. The molecular weight excluding hydrogens is 545 g/mol. The Bertz CT molecular complexity index is 1190. The van der Waals surface area contributed by atoms with E-state index in [2.05, 4.69) is 10.6 Å². The summed E-state index contributed by atoms with van der Waals surface area (Å²) in [5, 5.41) is 5.16. The molecule has 3 amide bonds. The number of carbonyl (C=O) groups excluding carboxylic acids is 3. The van der Waals surface area contributed by atoms with E-state index in [1.165, 1.54) is 11.0 Å². The van der Waals surface area contributed by atoms with E-state index in [0.717, 1.165) is 36.3 Å². The molecule has 2 fully saturated rings. The maximum atomic E-state index is 14.0. The van der Waals surface area contributed by atoms with Gasteiger partial charge in [-0.1, -0.05) is 18.5 Å². The molecule has 1 saturated heterocycles. The Labute approximate surface area is 227 Å². The lowest BCUT2D eigenvalue weighted by Gasteiger charge is -2.31. The zero-order valence-corrected chi connectivity index (χ0v) is 22.2. The van der Waals surface area contributed by atoms with Crippen molar-refractivity contribution in [3.63, 3.8) is 0 Å². The van der Waals surface area contributed by atoms with Crippen molar-refractivity contribution < 1.29 is 32.3 Å². The first kappa shape index (κ1) is 28.3. The summed E-state index contributed by atoms with van der Waals surface area (Å²) in [4.78, 5) is 41.6. The molecule has 1 aromatic heterocycles. The molecule has 2 aromatic rings. The van der Waals surface area contributed by atoms with Gasteiger partial charge in [0.2, 0.25) is 5.91 Å². The molecule has 4 rings (SSSR count). The van der Waals surface area contributed by atoms with Crippen LogP contribution in [-0.4, -0.2) is 68.1 Å². The van der Waals surface area contributed by atoms with Gasteiger partial charge in [0, 0.05) is 25.3 Å². The summed E-state index contributed by atoms with van der Waals surface area (Å²) < 4.78 is 47.6. The van der Waals surface area contributed by atoms with Gasteiger partial charge in [-0.3, -0.25) is 19.3 Å². The molecule has 1 atom stereocenters. The second-order valence-electron chi connectivity index (χ2n) is 9.18. The van der Waals surface area contributed by atoms with Gasteiger partial charge < -0.3 is 20.3 Å². The first-order valence-corrected chi connectivity index (χ1v) is 13.4. The molecular formula is C25H28ClF3N4O4S. The quantitative estimate of drug-likeness (QED) is 0.444. The molecule has 8 nitrogen and oxygen atoms in total. The first-order chi connectivity index (χ1) is 18.1. The van der Waals surface area contributed by atoms with E-state index in [4.69, 9.17) is 16.3 Å². The molecule has 2 heterocycles. The molecule has 1 aliphatic carbocycles. The summed E-state index contributed by atoms with van der Waals surface area (Å²) in [6.45, 7) is 2.97. The number of ether oxygens (including phenoxy) is 1. The minimum Gasteiger partial charge on any atom is -0.370 e. The molecule has 1 saturated carbocycles. The van der Waals surface area contributed by atoms with Crippen molar-refractivity contribution in [2.75, 3.05) is 49.6 Å². The predicted molar refractivity (Wildman–Crippen MR) is 139 cm³/mol. The second kappa shape index (κ2) is 12.0. The lowest BCUT2D eigenvalue weighted by Crippen LogP contribution is -2.51. The standard InChI is InChI=1S/C25H28ClF3N4O4S/c1-2-32(13-15-3-4-15)19(12-30-24(36)20-7-8-21(26)38-20)23(35)31-18-6-5-16(11-17(18)25(27,28)29)33-9-10-37-14-22(33)34/h5-8,11,15,19H,2-4,9-10,12-14H2,1H3,(H,30,36)(H,31,35)/t19-/m1/s1. The van der Waals surface area contributed by atoms with Crippen molar-refractivity contribution in [2.45, 2.75) is 32.0 Å². The minimum atomic E-state index is -4.78. The number of rotatable bonds is 10. The van der Waals surface area contributed by atoms with E-state index in [-0.39, 0.29) is 32.0 Å². The van der Waals surface area contributed by atoms with Gasteiger partial charge in [-0.05, 0) is 55.6 Å². The average Bonchev–Trinajstić information content (AvgIpc) is 3.59. The highest BCUT2D eigenvalue weighted by Gasteiger charge is 2.37. The van der Waals surface area contributed by atoms with Crippen LogP contribution in [0.25, 0.3) is 0 Å². The van der Waals surface area contributed by atoms with Crippen LogP contribution in [0.5, 0.6) is 0 Å². The largest absolute Gasteiger partial charge is 0.418 e. The van der Waals surface area contributed by atoms with Crippen molar-refractivity contribution in [2.24, 2.45) is 5.92 Å². The number of amides is 3. The zero-order valence-electron chi connectivity index (χ0n) is 20.6. The summed E-state index contributed by atoms with van der Waals surface area (Å²) in [7, 11) is 0. The van der Waals surface area contributed by atoms with Crippen molar-refractivity contribution in [3.05, 3.63) is 45.1 Å². The van der Waals surface area contributed by atoms with Crippen LogP contribution in [0.15, 0.2) is 30.3 Å². The molecule has 1 aromatic carbocycles. The maximum absolute atomic E-state index is 14.0. The summed E-state index contributed by atoms with van der Waals surface area (Å²) in [6.07, 6.45) is -2.75. The molecule has 0 spiro atoms. The van der Waals surface area contributed by atoms with E-state index < -0.39 is 41.2 Å². The van der Waals surface area contributed by atoms with Gasteiger partial charge in [0.1, 0.15) is 12.6 Å². The molecule has 38 heavy (non-hydrogen) atoms. The molecule has 1 aliphatic heterocycles. The third-order valence-corrected chi connectivity index (χ3v) is 7.69. The van der Waals surface area contributed by atoms with Crippen LogP contribution in [0, 0.1) is 5.92 Å². The second-order valence-corrected chi connectivity index (χ2v) is 10.9. The fourth-order valence-corrected chi connectivity index (χ4v) is 5.22. The number of halogens is 4. The van der Waals surface area contributed by atoms with Crippen molar-refractivity contribution in [3.8, 4) is 0 Å². The van der Waals surface area contributed by atoms with Crippen molar-refractivity contribution in [1.82, 2.24) is 10.2 Å². The van der Waals surface area contributed by atoms with Gasteiger partial charge in [-0.2, -0.15) is 13.2 Å². The zero-order chi connectivity index (χ0) is 27.4. The Hall–Kier alpha value is -2.67. The highest BCUT2D eigenvalue weighted by atomic mass is 35.5. The number of likely N-dealkylation sites (N-methyl/N-ethyl adjacent to an activating group) is 1. The van der Waals surface area contributed by atoms with Crippen LogP contribution in [0.4, 0.5) is 24.5 Å². The van der Waals surface area contributed by atoms with Crippen LogP contribution in [-0.2, 0) is 20.5 Å². The first-order valence-electron chi connectivity index (χ1n) is 12.2. The molecule has 2 aliphatic rings. The van der Waals surface area contributed by atoms with Gasteiger partial charge >= 0.3 is 6.18 Å². The fourth-order valence-electron chi connectivity index (χ4n) is 4.26. The SMILES string of the molecule is CCN(CC1CC1)[C@H](CNC(=O)c1ccc(Cl)s1)C(=O)Nc1ccc(N2CCOCC2=O)cc1C(F)(F)F. The lowest BCUT2D eigenvalue weighted by atomic mass is 10.1. The van der Waals surface area contributed by atoms with E-state index in [0.29, 0.717) is 28.2 Å². The average molecular weight is 573 g/mol. The minimum absolute atomic E-state index is 0.0750. The Kier molecular flexibility index (Phi) is 8.96. The van der Waals surface area contributed by atoms with Crippen LogP contribution in [0.2, 0.25) is 4.34 Å². The van der Waals surface area contributed by atoms with Crippen molar-refractivity contribution in [1.29, 1.82) is 0 Å². The van der Waals surface area contributed by atoms with Crippen LogP contribution < -0.4 is 15.5 Å². The third kappa shape index (κ3) is 7.04. The smallest absolute Gasteiger partial charge is 0.370 e. The topological polar surface area (TPSA) is 91.0 Å². The van der Waals surface area contributed by atoms with E-state index in [1.807, 2.05) is 11.8 Å². The molecule has 0 bridgehead atoms. The van der Waals surface area contributed by atoms with Gasteiger partial charge in [0.05, 0.1) is 27.1 Å². The number of alkyl halides is 3. The number of benzene rings is 1. The Morgan fingerprint density at radius 2 is 2.03 bits per heavy atom. The van der Waals surface area contributed by atoms with Gasteiger partial charge in [-0.25, -0.2) is 0 Å². The Morgan fingerprint density at radius 1 is 1.26 bits per heavy atom. The number of nitrogens with zero attached hydrogens (tertiary/aromatic N) is 2. The summed E-state index contributed by atoms with van der Waals surface area (Å²) in [6, 6.07) is 5.63. The van der Waals surface area contributed by atoms with E-state index >= 15 is 0 Å². The highest BCUT2D eigenvalue weighted by Crippen LogP contribution is 2.38. The highest BCUT2D eigenvalue weighted by molar-refractivity contribution is 7.18. The van der Waals surface area contributed by atoms with Crippen LogP contribution in [0.3, 0.4) is 0 Å². The number of thiophene rings is 1. The number of hydrogen-bond donors (Lipinski definition) is 2. The van der Waals surface area contributed by atoms with Gasteiger partial charge in [0.25, 0.3) is 11.8 Å². The normalized spacial score (nSPS) is 17.0. The number of anilines is 2. The fraction of sp³-hybridized carbons (Fsp3) is 0.480. The summed E-state index contributed by atoms with van der Waals surface area (Å²) in [5.41, 5.74) is -1.41. The third-order valence-electron chi connectivity index (χ3n) is 6.46. The lowest BCUT2D eigenvalue weighted by molar-refractivity contribution is -0.137. The molecule has 2 N–H and O–H groups in total. The maximum Gasteiger partial charge on any atom is 0.418 e. The predicted octanol–water partition coefficient (Wildman–Crippen LogP) is 4.25. The van der Waals surface area contributed by atoms with Gasteiger partial charge in [0.15, 0.2) is 0 Å². The molecule has 13 heteroatoms. The Morgan fingerprint density at radius 3 is 2.63 bits per heavy atom. The molecule has 0 unspecified atom stereocenters. The van der Waals surface area contributed by atoms with Gasteiger partial charge in [-0.15, -0.1) is 11.3 Å². The van der Waals surface area contributed by atoms with Crippen LogP contribution >= 0.6 is 22.9 Å².